The van der Waals surface area contributed by atoms with Crippen LogP contribution < -0.4 is 5.32 Å². The zero-order valence-electron chi connectivity index (χ0n) is 12.1. The number of rotatable bonds is 4. The molecule has 0 aliphatic carbocycles. The first kappa shape index (κ1) is 15.4. The van der Waals surface area contributed by atoms with Gasteiger partial charge in [0.25, 0.3) is 5.69 Å². The van der Waals surface area contributed by atoms with E-state index in [1.807, 2.05) is 0 Å². The number of non-ortho nitro benzene ring substituents is 1. The Morgan fingerprint density at radius 3 is 2.50 bits per heavy atom. The zero-order valence-corrected chi connectivity index (χ0v) is 13.0. The third-order valence-corrected chi connectivity index (χ3v) is 6.40. The van der Waals surface area contributed by atoms with E-state index in [1.165, 1.54) is 24.3 Å². The van der Waals surface area contributed by atoms with Gasteiger partial charge in [-0.1, -0.05) is 0 Å². The minimum atomic E-state index is -3.60. The van der Waals surface area contributed by atoms with Crippen LogP contribution in [0.2, 0.25) is 0 Å². The van der Waals surface area contributed by atoms with Gasteiger partial charge in [0, 0.05) is 30.8 Å². The third kappa shape index (κ3) is 2.73. The minimum Gasteiger partial charge on any atom is -0.312 e. The Hall–Kier alpha value is -1.51. The first-order valence-electron chi connectivity index (χ1n) is 7.50. The van der Waals surface area contributed by atoms with Crippen molar-refractivity contribution < 1.29 is 13.3 Å². The fourth-order valence-corrected chi connectivity index (χ4v) is 5.11. The Kier molecular flexibility index (Phi) is 4.16. The molecular weight excluding hydrogens is 306 g/mol. The summed E-state index contributed by atoms with van der Waals surface area (Å²) in [6, 6.07) is 5.34. The second-order valence-corrected chi connectivity index (χ2v) is 7.67. The molecule has 1 aromatic rings. The van der Waals surface area contributed by atoms with Gasteiger partial charge in [-0.25, -0.2) is 8.42 Å². The lowest BCUT2D eigenvalue weighted by atomic mass is 10.1. The SMILES string of the molecule is O=[N+]([O-])c1ccc(S(=O)(=O)N2CCCC2C2CCCN2)cc1. The summed E-state index contributed by atoms with van der Waals surface area (Å²) in [5.74, 6) is 0. The van der Waals surface area contributed by atoms with Crippen LogP contribution in [0.25, 0.3) is 0 Å². The molecular formula is C14H19N3O4S. The second-order valence-electron chi connectivity index (χ2n) is 5.78. The molecule has 0 radical (unpaired) electrons. The summed E-state index contributed by atoms with van der Waals surface area (Å²) in [6.07, 6.45) is 3.79. The molecule has 2 aliphatic heterocycles. The van der Waals surface area contributed by atoms with Crippen molar-refractivity contribution in [1.29, 1.82) is 0 Å². The Balaban J connectivity index is 1.86. The van der Waals surface area contributed by atoms with E-state index in [0.717, 1.165) is 32.2 Å². The highest BCUT2D eigenvalue weighted by Crippen LogP contribution is 2.31. The molecule has 0 spiro atoms. The number of hydrogen-bond acceptors (Lipinski definition) is 5. The van der Waals surface area contributed by atoms with Crippen LogP contribution in [0, 0.1) is 10.1 Å². The van der Waals surface area contributed by atoms with Crippen LogP contribution in [0.4, 0.5) is 5.69 Å². The average Bonchev–Trinajstić information content (AvgIpc) is 3.18. The van der Waals surface area contributed by atoms with Gasteiger partial charge in [-0.3, -0.25) is 10.1 Å². The fourth-order valence-electron chi connectivity index (χ4n) is 3.38. The predicted molar refractivity (Wildman–Crippen MR) is 81.0 cm³/mol. The van der Waals surface area contributed by atoms with E-state index >= 15 is 0 Å². The van der Waals surface area contributed by atoms with Crippen molar-refractivity contribution in [2.45, 2.75) is 42.7 Å². The first-order valence-corrected chi connectivity index (χ1v) is 8.94. The second kappa shape index (κ2) is 5.94. The van der Waals surface area contributed by atoms with Crippen LogP contribution in [0.5, 0.6) is 0 Å². The maximum atomic E-state index is 12.8. The summed E-state index contributed by atoms with van der Waals surface area (Å²) in [5, 5.41) is 14.1. The van der Waals surface area contributed by atoms with Crippen LogP contribution in [-0.2, 0) is 10.0 Å². The van der Waals surface area contributed by atoms with Gasteiger partial charge >= 0.3 is 0 Å². The molecule has 8 heteroatoms. The summed E-state index contributed by atoms with van der Waals surface area (Å²) in [5.41, 5.74) is -0.102. The number of nitro groups is 1. The van der Waals surface area contributed by atoms with Gasteiger partial charge in [-0.05, 0) is 44.4 Å². The Labute approximate surface area is 129 Å². The lowest BCUT2D eigenvalue weighted by molar-refractivity contribution is -0.384. The molecule has 120 valence electrons. The van der Waals surface area contributed by atoms with Crippen molar-refractivity contribution in [2.24, 2.45) is 0 Å². The van der Waals surface area contributed by atoms with Crippen LogP contribution in [0.15, 0.2) is 29.2 Å². The molecule has 0 amide bonds. The Morgan fingerprint density at radius 1 is 1.18 bits per heavy atom. The highest BCUT2D eigenvalue weighted by molar-refractivity contribution is 7.89. The van der Waals surface area contributed by atoms with Gasteiger partial charge < -0.3 is 5.32 Å². The predicted octanol–water partition coefficient (Wildman–Crippen LogP) is 1.50. The maximum Gasteiger partial charge on any atom is 0.269 e. The van der Waals surface area contributed by atoms with E-state index in [1.54, 1.807) is 4.31 Å². The maximum absolute atomic E-state index is 12.8. The Bertz CT molecular complexity index is 653. The lowest BCUT2D eigenvalue weighted by Crippen LogP contribution is -2.46. The monoisotopic (exact) mass is 325 g/mol. The van der Waals surface area contributed by atoms with Gasteiger partial charge in [0.15, 0.2) is 0 Å². The standard InChI is InChI=1S/C14H19N3O4S/c18-17(19)11-5-7-12(8-6-11)22(20,21)16-10-2-4-14(16)13-3-1-9-15-13/h5-8,13-15H,1-4,9-10H2. The normalized spacial score (nSPS) is 26.4. The number of nitrogens with zero attached hydrogens (tertiary/aromatic N) is 2. The molecule has 7 nitrogen and oxygen atoms in total. The quantitative estimate of drug-likeness (QED) is 0.669. The van der Waals surface area contributed by atoms with Crippen molar-refractivity contribution in [3.05, 3.63) is 34.4 Å². The van der Waals surface area contributed by atoms with Crippen molar-refractivity contribution in [3.8, 4) is 0 Å². The van der Waals surface area contributed by atoms with Gasteiger partial charge in [0.05, 0.1) is 9.82 Å². The van der Waals surface area contributed by atoms with E-state index < -0.39 is 14.9 Å². The topological polar surface area (TPSA) is 92.5 Å². The first-order chi connectivity index (χ1) is 10.5. The van der Waals surface area contributed by atoms with Gasteiger partial charge in [-0.15, -0.1) is 0 Å². The van der Waals surface area contributed by atoms with Crippen LogP contribution in [0.1, 0.15) is 25.7 Å². The summed E-state index contributed by atoms with van der Waals surface area (Å²) in [7, 11) is -3.60. The van der Waals surface area contributed by atoms with Crippen molar-refractivity contribution in [2.75, 3.05) is 13.1 Å². The fraction of sp³-hybridized carbons (Fsp3) is 0.571. The zero-order chi connectivity index (χ0) is 15.7. The number of nitro benzene ring substituents is 1. The van der Waals surface area contributed by atoms with E-state index in [0.29, 0.717) is 6.54 Å². The summed E-state index contributed by atoms with van der Waals surface area (Å²) in [6.45, 7) is 1.45. The van der Waals surface area contributed by atoms with Crippen molar-refractivity contribution in [1.82, 2.24) is 9.62 Å². The van der Waals surface area contributed by atoms with Gasteiger partial charge in [-0.2, -0.15) is 4.31 Å². The van der Waals surface area contributed by atoms with Crippen LogP contribution in [0.3, 0.4) is 0 Å². The minimum absolute atomic E-state index is 0.0114. The largest absolute Gasteiger partial charge is 0.312 e. The highest BCUT2D eigenvalue weighted by Gasteiger charge is 2.40. The third-order valence-electron chi connectivity index (χ3n) is 4.47. The molecule has 22 heavy (non-hydrogen) atoms. The smallest absolute Gasteiger partial charge is 0.269 e. The molecule has 2 aliphatic rings. The molecule has 1 aromatic carbocycles. The summed E-state index contributed by atoms with van der Waals surface area (Å²) in [4.78, 5) is 10.3. The van der Waals surface area contributed by atoms with Crippen LogP contribution >= 0.6 is 0 Å². The van der Waals surface area contributed by atoms with Crippen molar-refractivity contribution >= 4 is 15.7 Å². The molecule has 2 saturated heterocycles. The number of sulfonamides is 1. The molecule has 2 fully saturated rings. The molecule has 2 heterocycles. The molecule has 0 aromatic heterocycles. The number of nitrogens with one attached hydrogen (secondary N) is 1. The van der Waals surface area contributed by atoms with E-state index in [9.17, 15) is 18.5 Å². The molecule has 2 unspecified atom stereocenters. The van der Waals surface area contributed by atoms with Crippen LogP contribution in [-0.4, -0.2) is 42.8 Å². The van der Waals surface area contributed by atoms with Gasteiger partial charge in [0.1, 0.15) is 0 Å². The summed E-state index contributed by atoms with van der Waals surface area (Å²) >= 11 is 0. The molecule has 1 N–H and O–H groups in total. The Morgan fingerprint density at radius 2 is 1.91 bits per heavy atom. The van der Waals surface area contributed by atoms with E-state index in [-0.39, 0.29) is 22.7 Å². The van der Waals surface area contributed by atoms with Gasteiger partial charge in [0.2, 0.25) is 10.0 Å². The number of hydrogen-bond donors (Lipinski definition) is 1. The molecule has 0 saturated carbocycles. The highest BCUT2D eigenvalue weighted by atomic mass is 32.2. The molecule has 2 atom stereocenters. The number of benzene rings is 1. The van der Waals surface area contributed by atoms with E-state index in [2.05, 4.69) is 5.32 Å². The molecule has 0 bridgehead atoms. The molecule has 3 rings (SSSR count). The summed E-state index contributed by atoms with van der Waals surface area (Å²) < 4.78 is 27.2. The van der Waals surface area contributed by atoms with Crippen molar-refractivity contribution in [3.63, 3.8) is 0 Å². The lowest BCUT2D eigenvalue weighted by Gasteiger charge is -2.28. The van der Waals surface area contributed by atoms with E-state index in [4.69, 9.17) is 0 Å². The average molecular weight is 325 g/mol.